The SMILES string of the molecule is Cc1ccc(Cl)cc1NC(=O)c1nc(-c2ccc(Br)cc2)n(-c2ccccc2C)n1. The molecule has 0 aliphatic rings. The zero-order chi connectivity index (χ0) is 21.3. The highest BCUT2D eigenvalue weighted by Crippen LogP contribution is 2.26. The molecule has 0 saturated heterocycles. The third kappa shape index (κ3) is 4.15. The van der Waals surface area contributed by atoms with Crippen LogP contribution in [0.15, 0.2) is 71.2 Å². The van der Waals surface area contributed by atoms with E-state index in [1.54, 1.807) is 16.8 Å². The lowest BCUT2D eigenvalue weighted by molar-refractivity contribution is 0.101. The fourth-order valence-electron chi connectivity index (χ4n) is 3.07. The highest BCUT2D eigenvalue weighted by atomic mass is 79.9. The molecule has 1 aromatic heterocycles. The van der Waals surface area contributed by atoms with Gasteiger partial charge >= 0.3 is 0 Å². The molecule has 30 heavy (non-hydrogen) atoms. The van der Waals surface area contributed by atoms with Gasteiger partial charge in [0.05, 0.1) is 5.69 Å². The van der Waals surface area contributed by atoms with Crippen LogP contribution in [0.3, 0.4) is 0 Å². The minimum absolute atomic E-state index is 0.0792. The van der Waals surface area contributed by atoms with Crippen LogP contribution in [0, 0.1) is 13.8 Å². The number of halogens is 2. The fraction of sp³-hybridized carbons (Fsp3) is 0.0870. The molecule has 5 nitrogen and oxygen atoms in total. The highest BCUT2D eigenvalue weighted by molar-refractivity contribution is 9.10. The summed E-state index contributed by atoms with van der Waals surface area (Å²) in [5, 5.41) is 7.95. The van der Waals surface area contributed by atoms with Crippen molar-refractivity contribution >= 4 is 39.1 Å². The minimum atomic E-state index is -0.397. The lowest BCUT2D eigenvalue weighted by Gasteiger charge is -2.08. The molecule has 0 radical (unpaired) electrons. The van der Waals surface area contributed by atoms with Gasteiger partial charge in [0.25, 0.3) is 5.91 Å². The zero-order valence-electron chi connectivity index (χ0n) is 16.4. The van der Waals surface area contributed by atoms with Crippen LogP contribution < -0.4 is 5.32 Å². The van der Waals surface area contributed by atoms with Crippen LogP contribution in [-0.4, -0.2) is 20.7 Å². The quantitative estimate of drug-likeness (QED) is 0.376. The minimum Gasteiger partial charge on any atom is -0.319 e. The summed E-state index contributed by atoms with van der Waals surface area (Å²) in [7, 11) is 0. The van der Waals surface area contributed by atoms with Crippen LogP contribution in [-0.2, 0) is 0 Å². The number of benzene rings is 3. The van der Waals surface area contributed by atoms with Crippen LogP contribution in [0.1, 0.15) is 21.7 Å². The van der Waals surface area contributed by atoms with Crippen molar-refractivity contribution in [2.24, 2.45) is 0 Å². The standard InChI is InChI=1S/C23H18BrClN4O/c1-14-7-12-18(25)13-19(14)26-23(30)21-27-22(16-8-10-17(24)11-9-16)29(28-21)20-6-4-3-5-15(20)2/h3-13H,1-2H3,(H,26,30). The second-order valence-electron chi connectivity index (χ2n) is 6.88. The number of anilines is 1. The Kier molecular flexibility index (Phi) is 5.70. The number of nitrogens with one attached hydrogen (secondary N) is 1. The van der Waals surface area contributed by atoms with Crippen molar-refractivity contribution in [1.82, 2.24) is 14.8 Å². The molecule has 1 heterocycles. The van der Waals surface area contributed by atoms with E-state index in [1.165, 1.54) is 0 Å². The monoisotopic (exact) mass is 480 g/mol. The van der Waals surface area contributed by atoms with Gasteiger partial charge < -0.3 is 5.32 Å². The van der Waals surface area contributed by atoms with Gasteiger partial charge in [-0.3, -0.25) is 4.79 Å². The van der Waals surface area contributed by atoms with Gasteiger partial charge in [-0.05, 0) is 55.3 Å². The van der Waals surface area contributed by atoms with Gasteiger partial charge in [-0.25, -0.2) is 9.67 Å². The lowest BCUT2D eigenvalue weighted by Crippen LogP contribution is -2.15. The van der Waals surface area contributed by atoms with Crippen molar-refractivity contribution in [1.29, 1.82) is 0 Å². The van der Waals surface area contributed by atoms with Crippen molar-refractivity contribution in [2.45, 2.75) is 13.8 Å². The van der Waals surface area contributed by atoms with Crippen molar-refractivity contribution in [3.05, 3.63) is 93.2 Å². The second kappa shape index (κ2) is 8.42. The van der Waals surface area contributed by atoms with Crippen molar-refractivity contribution in [2.75, 3.05) is 5.32 Å². The number of carbonyl (C=O) groups excluding carboxylic acids is 1. The lowest BCUT2D eigenvalue weighted by atomic mass is 10.2. The summed E-state index contributed by atoms with van der Waals surface area (Å²) < 4.78 is 2.67. The van der Waals surface area contributed by atoms with Crippen molar-refractivity contribution in [3.8, 4) is 17.1 Å². The Labute approximate surface area is 187 Å². The van der Waals surface area contributed by atoms with Gasteiger partial charge in [-0.15, -0.1) is 5.10 Å². The summed E-state index contributed by atoms with van der Waals surface area (Å²) in [5.41, 5.74) is 4.27. The molecule has 3 aromatic carbocycles. The number of aryl methyl sites for hydroxylation is 2. The van der Waals surface area contributed by atoms with Gasteiger partial charge in [0.1, 0.15) is 0 Å². The Bertz CT molecular complexity index is 1230. The van der Waals surface area contributed by atoms with Gasteiger partial charge in [-0.1, -0.05) is 63.9 Å². The normalized spacial score (nSPS) is 10.8. The van der Waals surface area contributed by atoms with Gasteiger partial charge in [0.2, 0.25) is 5.82 Å². The van der Waals surface area contributed by atoms with Gasteiger partial charge in [-0.2, -0.15) is 0 Å². The average molecular weight is 482 g/mol. The Morgan fingerprint density at radius 2 is 1.73 bits per heavy atom. The second-order valence-corrected chi connectivity index (χ2v) is 8.23. The van der Waals surface area contributed by atoms with E-state index in [0.717, 1.165) is 26.9 Å². The largest absolute Gasteiger partial charge is 0.319 e. The van der Waals surface area contributed by atoms with E-state index in [-0.39, 0.29) is 5.82 Å². The molecular weight excluding hydrogens is 464 g/mol. The maximum Gasteiger partial charge on any atom is 0.295 e. The molecule has 4 rings (SSSR count). The van der Waals surface area contributed by atoms with Crippen LogP contribution in [0.5, 0.6) is 0 Å². The highest BCUT2D eigenvalue weighted by Gasteiger charge is 2.20. The summed E-state index contributed by atoms with van der Waals surface area (Å²) in [5.74, 6) is 0.270. The summed E-state index contributed by atoms with van der Waals surface area (Å²) in [4.78, 5) is 17.5. The number of aromatic nitrogens is 3. The first-order chi connectivity index (χ1) is 14.4. The van der Waals surface area contributed by atoms with E-state index in [1.807, 2.05) is 68.4 Å². The van der Waals surface area contributed by atoms with E-state index in [9.17, 15) is 4.79 Å². The summed E-state index contributed by atoms with van der Waals surface area (Å²) >= 11 is 9.53. The average Bonchev–Trinajstić information content (AvgIpc) is 3.17. The van der Waals surface area contributed by atoms with E-state index in [4.69, 9.17) is 11.6 Å². The van der Waals surface area contributed by atoms with E-state index in [0.29, 0.717) is 16.5 Å². The number of nitrogens with zero attached hydrogens (tertiary/aromatic N) is 3. The molecule has 0 bridgehead atoms. The van der Waals surface area contributed by atoms with Crippen LogP contribution in [0.2, 0.25) is 5.02 Å². The molecule has 1 amide bonds. The third-order valence-electron chi connectivity index (χ3n) is 4.70. The Hall–Kier alpha value is -2.96. The fourth-order valence-corrected chi connectivity index (χ4v) is 3.51. The zero-order valence-corrected chi connectivity index (χ0v) is 18.7. The smallest absolute Gasteiger partial charge is 0.295 e. The number of rotatable bonds is 4. The predicted octanol–water partition coefficient (Wildman–Crippen LogP) is 6.22. The van der Waals surface area contributed by atoms with E-state index >= 15 is 0 Å². The molecule has 0 aliphatic carbocycles. The molecule has 150 valence electrons. The van der Waals surface area contributed by atoms with Crippen LogP contribution in [0.4, 0.5) is 5.69 Å². The molecule has 4 aromatic rings. The number of amides is 1. The van der Waals surface area contributed by atoms with Crippen molar-refractivity contribution in [3.63, 3.8) is 0 Å². The first kappa shape index (κ1) is 20.3. The van der Waals surface area contributed by atoms with Crippen LogP contribution in [0.25, 0.3) is 17.1 Å². The molecule has 0 spiro atoms. The Morgan fingerprint density at radius 3 is 2.47 bits per heavy atom. The first-order valence-corrected chi connectivity index (χ1v) is 10.5. The van der Waals surface area contributed by atoms with Gasteiger partial charge in [0, 0.05) is 20.7 Å². The molecule has 7 heteroatoms. The van der Waals surface area contributed by atoms with E-state index in [2.05, 4.69) is 31.3 Å². The molecular formula is C23H18BrClN4O. The molecule has 0 saturated carbocycles. The molecule has 0 fully saturated rings. The number of carbonyl (C=O) groups is 1. The van der Waals surface area contributed by atoms with Crippen molar-refractivity contribution < 1.29 is 4.79 Å². The molecule has 0 atom stereocenters. The number of hydrogen-bond donors (Lipinski definition) is 1. The number of para-hydroxylation sites is 1. The van der Waals surface area contributed by atoms with Crippen LogP contribution >= 0.6 is 27.5 Å². The Morgan fingerprint density at radius 1 is 1.00 bits per heavy atom. The summed E-state index contributed by atoms with van der Waals surface area (Å²) in [6.07, 6.45) is 0. The molecule has 1 N–H and O–H groups in total. The third-order valence-corrected chi connectivity index (χ3v) is 5.47. The molecule has 0 aliphatic heterocycles. The van der Waals surface area contributed by atoms with Gasteiger partial charge in [0.15, 0.2) is 5.82 Å². The first-order valence-electron chi connectivity index (χ1n) is 9.29. The Balaban J connectivity index is 1.79. The maximum atomic E-state index is 12.9. The molecule has 0 unspecified atom stereocenters. The number of hydrogen-bond acceptors (Lipinski definition) is 3. The summed E-state index contributed by atoms with van der Waals surface area (Å²) in [6.45, 7) is 3.90. The summed E-state index contributed by atoms with van der Waals surface area (Å²) in [6, 6.07) is 20.9. The topological polar surface area (TPSA) is 59.8 Å². The van der Waals surface area contributed by atoms with E-state index < -0.39 is 5.91 Å². The maximum absolute atomic E-state index is 12.9. The predicted molar refractivity (Wildman–Crippen MR) is 123 cm³/mol.